The molecule has 1 aliphatic carbocycles. The lowest BCUT2D eigenvalue weighted by molar-refractivity contribution is -0.155. The molecule has 0 aromatic carbocycles. The van der Waals surface area contributed by atoms with Gasteiger partial charge in [-0.2, -0.15) is 13.2 Å². The number of halogens is 3. The maximum Gasteiger partial charge on any atom is 0.401 e. The number of nitrogens with zero attached hydrogens (tertiary/aromatic N) is 1. The average molecular weight is 183 g/mol. The molecular formula is C7H12F3NO. The van der Waals surface area contributed by atoms with E-state index in [1.165, 1.54) is 11.9 Å². The summed E-state index contributed by atoms with van der Waals surface area (Å²) in [5, 5.41) is 8.86. The van der Waals surface area contributed by atoms with Crippen LogP contribution in [0.15, 0.2) is 0 Å². The Morgan fingerprint density at radius 1 is 1.42 bits per heavy atom. The molecule has 0 aromatic rings. The lowest BCUT2D eigenvalue weighted by atomic mass is 9.88. The van der Waals surface area contributed by atoms with Crippen LogP contribution in [0, 0.1) is 0 Å². The predicted octanol–water partition coefficient (Wildman–Crippen LogP) is 1.00. The smallest absolute Gasteiger partial charge is 0.393 e. The molecule has 0 bridgehead atoms. The number of hydrogen-bond donors (Lipinski definition) is 1. The molecule has 0 atom stereocenters. The highest BCUT2D eigenvalue weighted by Gasteiger charge is 2.36. The van der Waals surface area contributed by atoms with Gasteiger partial charge in [-0.25, -0.2) is 0 Å². The highest BCUT2D eigenvalue weighted by molar-refractivity contribution is 4.86. The third-order valence-corrected chi connectivity index (χ3v) is 2.14. The van der Waals surface area contributed by atoms with Crippen LogP contribution in [-0.4, -0.2) is 41.9 Å². The molecule has 0 heterocycles. The molecule has 2 nitrogen and oxygen atoms in total. The molecule has 0 saturated heterocycles. The fraction of sp³-hybridized carbons (Fsp3) is 1.00. The summed E-state index contributed by atoms with van der Waals surface area (Å²) in [6.45, 7) is -0.885. The summed E-state index contributed by atoms with van der Waals surface area (Å²) in [7, 11) is 1.43. The summed E-state index contributed by atoms with van der Waals surface area (Å²) < 4.78 is 35.5. The molecule has 72 valence electrons. The van der Waals surface area contributed by atoms with Crippen LogP contribution < -0.4 is 0 Å². The number of alkyl halides is 3. The van der Waals surface area contributed by atoms with Crippen molar-refractivity contribution in [3.8, 4) is 0 Å². The zero-order chi connectivity index (χ0) is 9.35. The third-order valence-electron chi connectivity index (χ3n) is 2.14. The van der Waals surface area contributed by atoms with Gasteiger partial charge in [-0.05, 0) is 19.9 Å². The minimum atomic E-state index is -4.13. The monoisotopic (exact) mass is 183 g/mol. The van der Waals surface area contributed by atoms with E-state index >= 15 is 0 Å². The number of rotatable bonds is 2. The van der Waals surface area contributed by atoms with Crippen LogP contribution in [-0.2, 0) is 0 Å². The van der Waals surface area contributed by atoms with Crippen molar-refractivity contribution in [1.82, 2.24) is 4.90 Å². The molecule has 0 radical (unpaired) electrons. The molecule has 0 aliphatic heterocycles. The lowest BCUT2D eigenvalue weighted by Crippen LogP contribution is -2.48. The second-order valence-corrected chi connectivity index (χ2v) is 3.31. The molecule has 0 spiro atoms. The van der Waals surface area contributed by atoms with E-state index < -0.39 is 18.8 Å². The normalized spacial score (nSPS) is 30.5. The van der Waals surface area contributed by atoms with Crippen LogP contribution in [0.2, 0.25) is 0 Å². The number of hydrogen-bond acceptors (Lipinski definition) is 2. The topological polar surface area (TPSA) is 23.5 Å². The van der Waals surface area contributed by atoms with Gasteiger partial charge in [0, 0.05) is 6.04 Å². The van der Waals surface area contributed by atoms with Crippen molar-refractivity contribution in [2.24, 2.45) is 0 Å². The van der Waals surface area contributed by atoms with Crippen molar-refractivity contribution >= 4 is 0 Å². The average Bonchev–Trinajstić information content (AvgIpc) is 1.76. The van der Waals surface area contributed by atoms with E-state index in [0.717, 1.165) is 0 Å². The van der Waals surface area contributed by atoms with Gasteiger partial charge < -0.3 is 5.11 Å². The van der Waals surface area contributed by atoms with E-state index in [0.29, 0.717) is 12.8 Å². The summed E-state index contributed by atoms with van der Waals surface area (Å²) >= 11 is 0. The van der Waals surface area contributed by atoms with Gasteiger partial charge >= 0.3 is 6.18 Å². The summed E-state index contributed by atoms with van der Waals surface area (Å²) in [4.78, 5) is 1.24. The molecule has 0 unspecified atom stereocenters. The molecule has 0 aromatic heterocycles. The second-order valence-electron chi connectivity index (χ2n) is 3.31. The highest BCUT2D eigenvalue weighted by atomic mass is 19.4. The van der Waals surface area contributed by atoms with Gasteiger partial charge in [0.05, 0.1) is 12.6 Å². The summed E-state index contributed by atoms with van der Waals surface area (Å²) in [5.41, 5.74) is 0. The summed E-state index contributed by atoms with van der Waals surface area (Å²) in [5.74, 6) is 0. The summed E-state index contributed by atoms with van der Waals surface area (Å²) in [6.07, 6.45) is -3.60. The Balaban J connectivity index is 2.25. The SMILES string of the molecule is CN(CC(F)(F)F)C1CC(O)C1. The molecule has 1 N–H and O–H groups in total. The van der Waals surface area contributed by atoms with Crippen LogP contribution >= 0.6 is 0 Å². The van der Waals surface area contributed by atoms with Gasteiger partial charge in [0.25, 0.3) is 0 Å². The second kappa shape index (κ2) is 3.22. The van der Waals surface area contributed by atoms with Gasteiger partial charge in [-0.15, -0.1) is 0 Å². The van der Waals surface area contributed by atoms with E-state index in [1.807, 2.05) is 0 Å². The number of aliphatic hydroxyl groups is 1. The van der Waals surface area contributed by atoms with Crippen LogP contribution in [0.25, 0.3) is 0 Å². The molecule has 0 amide bonds. The molecule has 1 fully saturated rings. The Kier molecular flexibility index (Phi) is 2.63. The van der Waals surface area contributed by atoms with Crippen molar-refractivity contribution < 1.29 is 18.3 Å². The fourth-order valence-corrected chi connectivity index (χ4v) is 1.33. The quantitative estimate of drug-likeness (QED) is 0.690. The zero-order valence-electron chi connectivity index (χ0n) is 6.80. The molecule has 1 saturated carbocycles. The van der Waals surface area contributed by atoms with Crippen molar-refractivity contribution in [3.63, 3.8) is 0 Å². The maximum atomic E-state index is 11.8. The van der Waals surface area contributed by atoms with E-state index in [1.54, 1.807) is 0 Å². The zero-order valence-corrected chi connectivity index (χ0v) is 6.80. The van der Waals surface area contributed by atoms with Gasteiger partial charge in [0.2, 0.25) is 0 Å². The van der Waals surface area contributed by atoms with Crippen LogP contribution in [0.4, 0.5) is 13.2 Å². The molecule has 1 rings (SSSR count). The van der Waals surface area contributed by atoms with Crippen LogP contribution in [0.5, 0.6) is 0 Å². The number of aliphatic hydroxyl groups excluding tert-OH is 1. The molecule has 12 heavy (non-hydrogen) atoms. The first-order valence-corrected chi connectivity index (χ1v) is 3.83. The Morgan fingerprint density at radius 3 is 2.25 bits per heavy atom. The Hall–Kier alpha value is -0.290. The van der Waals surface area contributed by atoms with Crippen molar-refractivity contribution in [2.45, 2.75) is 31.2 Å². The van der Waals surface area contributed by atoms with Gasteiger partial charge in [-0.3, -0.25) is 4.90 Å². The predicted molar refractivity (Wildman–Crippen MR) is 37.7 cm³/mol. The molecule has 1 aliphatic rings. The van der Waals surface area contributed by atoms with Crippen molar-refractivity contribution in [1.29, 1.82) is 0 Å². The van der Waals surface area contributed by atoms with Crippen molar-refractivity contribution in [3.05, 3.63) is 0 Å². The minimum absolute atomic E-state index is 0.0957. The fourth-order valence-electron chi connectivity index (χ4n) is 1.33. The first kappa shape index (κ1) is 9.80. The highest BCUT2D eigenvalue weighted by Crippen LogP contribution is 2.27. The maximum absolute atomic E-state index is 11.8. The van der Waals surface area contributed by atoms with Gasteiger partial charge in [0.1, 0.15) is 0 Å². The van der Waals surface area contributed by atoms with E-state index in [9.17, 15) is 13.2 Å². The first-order valence-electron chi connectivity index (χ1n) is 3.83. The van der Waals surface area contributed by atoms with Crippen molar-refractivity contribution in [2.75, 3.05) is 13.6 Å². The van der Waals surface area contributed by atoms with Crippen LogP contribution in [0.3, 0.4) is 0 Å². The summed E-state index contributed by atoms with van der Waals surface area (Å²) in [6, 6.07) is -0.0957. The van der Waals surface area contributed by atoms with E-state index in [2.05, 4.69) is 0 Å². The minimum Gasteiger partial charge on any atom is -0.393 e. The standard InChI is InChI=1S/C7H12F3NO/c1-11(4-7(8,9)10)5-2-6(12)3-5/h5-6,12H,2-4H2,1H3. The lowest BCUT2D eigenvalue weighted by Gasteiger charge is -2.38. The largest absolute Gasteiger partial charge is 0.401 e. The Morgan fingerprint density at radius 2 is 1.92 bits per heavy atom. The van der Waals surface area contributed by atoms with Gasteiger partial charge in [-0.1, -0.05) is 0 Å². The van der Waals surface area contributed by atoms with E-state index in [-0.39, 0.29) is 6.04 Å². The Labute approximate surface area is 69.0 Å². The van der Waals surface area contributed by atoms with Gasteiger partial charge in [0.15, 0.2) is 0 Å². The van der Waals surface area contributed by atoms with Crippen LogP contribution in [0.1, 0.15) is 12.8 Å². The first-order chi connectivity index (χ1) is 5.38. The Bertz CT molecular complexity index is 153. The third kappa shape index (κ3) is 2.64. The van der Waals surface area contributed by atoms with E-state index in [4.69, 9.17) is 5.11 Å². The molecule has 5 heteroatoms. The molecular weight excluding hydrogens is 171 g/mol.